The summed E-state index contributed by atoms with van der Waals surface area (Å²) in [4.78, 5) is 22.7. The average molecular weight is 322 g/mol. The molecule has 0 aliphatic heterocycles. The summed E-state index contributed by atoms with van der Waals surface area (Å²) in [6, 6.07) is 7.59. The molecule has 1 aromatic heterocycles. The molecule has 2 N–H and O–H groups in total. The van der Waals surface area contributed by atoms with Gasteiger partial charge in [-0.2, -0.15) is 0 Å². The van der Waals surface area contributed by atoms with E-state index in [4.69, 9.17) is 0 Å². The van der Waals surface area contributed by atoms with Gasteiger partial charge < -0.3 is 10.6 Å². The van der Waals surface area contributed by atoms with Crippen LogP contribution < -0.4 is 10.6 Å². The number of nitrogens with one attached hydrogen (secondary N) is 2. The summed E-state index contributed by atoms with van der Waals surface area (Å²) in [5.74, 6) is -0.0669. The maximum absolute atomic E-state index is 11.8. The molecular weight excluding hydrogens is 308 g/mol. The Morgan fingerprint density at radius 1 is 1.19 bits per heavy atom. The first-order valence-corrected chi connectivity index (χ1v) is 7.93. The molecule has 110 valence electrons. The van der Waals surface area contributed by atoms with Crippen molar-refractivity contribution in [2.45, 2.75) is 18.2 Å². The van der Waals surface area contributed by atoms with E-state index in [1.54, 1.807) is 0 Å². The predicted octanol–water partition coefficient (Wildman–Crippen LogP) is 2.54. The first-order valence-electron chi connectivity index (χ1n) is 6.13. The molecule has 0 atom stereocenters. The fourth-order valence-corrected chi connectivity index (χ4v) is 3.03. The Labute approximate surface area is 130 Å². The largest absolute Gasteiger partial charge is 0.325 e. The minimum atomic E-state index is -0.195. The summed E-state index contributed by atoms with van der Waals surface area (Å²) in [5, 5.41) is 13.5. The third-order valence-corrected chi connectivity index (χ3v) is 4.32. The van der Waals surface area contributed by atoms with E-state index >= 15 is 0 Å². The molecule has 0 unspecified atom stereocenters. The number of hydrogen-bond donors (Lipinski definition) is 2. The molecule has 0 spiro atoms. The standard InChI is InChI=1S/C13H14N4O2S2/c1-8-3-5-10(6-4-8)15-11(19)7-20-13-17-16-12(21-13)14-9(2)18/h3-6H,7H2,1-2H3,(H,15,19)(H,14,16,18). The highest BCUT2D eigenvalue weighted by molar-refractivity contribution is 8.01. The summed E-state index contributed by atoms with van der Waals surface area (Å²) >= 11 is 2.52. The van der Waals surface area contributed by atoms with Crippen molar-refractivity contribution in [2.24, 2.45) is 0 Å². The average Bonchev–Trinajstić information content (AvgIpc) is 2.86. The quantitative estimate of drug-likeness (QED) is 0.653. The maximum atomic E-state index is 11.8. The van der Waals surface area contributed by atoms with Gasteiger partial charge in [-0.3, -0.25) is 9.59 Å². The van der Waals surface area contributed by atoms with Crippen LogP contribution in [0.15, 0.2) is 28.6 Å². The number of aromatic nitrogens is 2. The lowest BCUT2D eigenvalue weighted by molar-refractivity contribution is -0.114. The molecule has 0 bridgehead atoms. The Hall–Kier alpha value is -1.93. The number of aryl methyl sites for hydroxylation is 1. The molecule has 0 aliphatic carbocycles. The minimum Gasteiger partial charge on any atom is -0.325 e. The minimum absolute atomic E-state index is 0.111. The van der Waals surface area contributed by atoms with Crippen LogP contribution in [0.25, 0.3) is 0 Å². The van der Waals surface area contributed by atoms with Crippen LogP contribution in [0.1, 0.15) is 12.5 Å². The van der Waals surface area contributed by atoms with Crippen molar-refractivity contribution in [3.63, 3.8) is 0 Å². The van der Waals surface area contributed by atoms with Crippen molar-refractivity contribution in [1.29, 1.82) is 0 Å². The number of nitrogens with zero attached hydrogens (tertiary/aromatic N) is 2. The first-order chi connectivity index (χ1) is 10.0. The van der Waals surface area contributed by atoms with Crippen molar-refractivity contribution < 1.29 is 9.59 Å². The molecule has 0 saturated heterocycles. The number of carbonyl (C=O) groups is 2. The van der Waals surface area contributed by atoms with Gasteiger partial charge >= 0.3 is 0 Å². The molecule has 1 aromatic carbocycles. The van der Waals surface area contributed by atoms with Crippen LogP contribution in [-0.4, -0.2) is 27.8 Å². The zero-order chi connectivity index (χ0) is 15.2. The third-order valence-electron chi connectivity index (χ3n) is 2.35. The van der Waals surface area contributed by atoms with Crippen LogP contribution in [0.5, 0.6) is 0 Å². The molecule has 0 saturated carbocycles. The van der Waals surface area contributed by atoms with E-state index in [0.29, 0.717) is 9.47 Å². The Bertz CT molecular complexity index is 640. The molecule has 2 aromatic rings. The number of thioether (sulfide) groups is 1. The second-order valence-corrected chi connectivity index (χ2v) is 6.46. The summed E-state index contributed by atoms with van der Waals surface area (Å²) < 4.78 is 0.637. The molecule has 1 heterocycles. The number of amides is 2. The van der Waals surface area contributed by atoms with Gasteiger partial charge in [-0.15, -0.1) is 10.2 Å². The Balaban J connectivity index is 1.82. The molecule has 0 radical (unpaired) electrons. The highest BCUT2D eigenvalue weighted by atomic mass is 32.2. The Kier molecular flexibility index (Phi) is 5.29. The maximum Gasteiger partial charge on any atom is 0.234 e. The zero-order valence-electron chi connectivity index (χ0n) is 11.5. The van der Waals surface area contributed by atoms with E-state index in [2.05, 4.69) is 20.8 Å². The first kappa shape index (κ1) is 15.5. The SMILES string of the molecule is CC(=O)Nc1nnc(SCC(=O)Nc2ccc(C)cc2)s1. The molecule has 2 rings (SSSR count). The van der Waals surface area contributed by atoms with Gasteiger partial charge in [-0.25, -0.2) is 0 Å². The van der Waals surface area contributed by atoms with Gasteiger partial charge in [-0.1, -0.05) is 40.8 Å². The van der Waals surface area contributed by atoms with E-state index in [1.807, 2.05) is 31.2 Å². The van der Waals surface area contributed by atoms with E-state index < -0.39 is 0 Å². The van der Waals surface area contributed by atoms with Gasteiger partial charge in [-0.05, 0) is 19.1 Å². The Morgan fingerprint density at radius 2 is 1.90 bits per heavy atom. The zero-order valence-corrected chi connectivity index (χ0v) is 13.2. The van der Waals surface area contributed by atoms with E-state index in [0.717, 1.165) is 11.3 Å². The van der Waals surface area contributed by atoms with Crippen molar-refractivity contribution in [3.05, 3.63) is 29.8 Å². The summed E-state index contributed by atoms with van der Waals surface area (Å²) in [7, 11) is 0. The fourth-order valence-electron chi connectivity index (χ4n) is 1.43. The van der Waals surface area contributed by atoms with Crippen LogP contribution in [-0.2, 0) is 9.59 Å². The number of rotatable bonds is 5. The number of benzene rings is 1. The van der Waals surface area contributed by atoms with Gasteiger partial charge in [0, 0.05) is 12.6 Å². The lowest BCUT2D eigenvalue weighted by atomic mass is 10.2. The van der Waals surface area contributed by atoms with Gasteiger partial charge in [0.15, 0.2) is 4.34 Å². The van der Waals surface area contributed by atoms with Crippen molar-refractivity contribution >= 4 is 45.7 Å². The molecular formula is C13H14N4O2S2. The fraction of sp³-hybridized carbons (Fsp3) is 0.231. The monoisotopic (exact) mass is 322 g/mol. The summed E-state index contributed by atoms with van der Waals surface area (Å²) in [6.07, 6.45) is 0. The highest BCUT2D eigenvalue weighted by Crippen LogP contribution is 2.25. The second-order valence-electron chi connectivity index (χ2n) is 4.26. The van der Waals surface area contributed by atoms with E-state index in [1.165, 1.54) is 30.0 Å². The van der Waals surface area contributed by atoms with Crippen molar-refractivity contribution in [1.82, 2.24) is 10.2 Å². The van der Waals surface area contributed by atoms with Gasteiger partial charge in [0.1, 0.15) is 0 Å². The molecule has 8 heteroatoms. The summed E-state index contributed by atoms with van der Waals surface area (Å²) in [5.41, 5.74) is 1.91. The second kappa shape index (κ2) is 7.19. The summed E-state index contributed by atoms with van der Waals surface area (Å²) in [6.45, 7) is 3.40. The van der Waals surface area contributed by atoms with Crippen LogP contribution in [0, 0.1) is 6.92 Å². The molecule has 0 aliphatic rings. The molecule has 2 amide bonds. The highest BCUT2D eigenvalue weighted by Gasteiger charge is 2.09. The molecule has 6 nitrogen and oxygen atoms in total. The van der Waals surface area contributed by atoms with Crippen LogP contribution in [0.4, 0.5) is 10.8 Å². The number of carbonyl (C=O) groups excluding carboxylic acids is 2. The smallest absolute Gasteiger partial charge is 0.234 e. The van der Waals surface area contributed by atoms with Crippen molar-refractivity contribution in [2.75, 3.05) is 16.4 Å². The number of anilines is 2. The molecule has 21 heavy (non-hydrogen) atoms. The lowest BCUT2D eigenvalue weighted by Crippen LogP contribution is -2.13. The van der Waals surface area contributed by atoms with Gasteiger partial charge in [0.05, 0.1) is 5.75 Å². The van der Waals surface area contributed by atoms with E-state index in [9.17, 15) is 9.59 Å². The van der Waals surface area contributed by atoms with Crippen molar-refractivity contribution in [3.8, 4) is 0 Å². The number of hydrogen-bond acceptors (Lipinski definition) is 6. The predicted molar refractivity (Wildman–Crippen MR) is 84.7 cm³/mol. The van der Waals surface area contributed by atoms with Crippen LogP contribution in [0.3, 0.4) is 0 Å². The van der Waals surface area contributed by atoms with Gasteiger partial charge in [0.2, 0.25) is 16.9 Å². The van der Waals surface area contributed by atoms with Gasteiger partial charge in [0.25, 0.3) is 0 Å². The Morgan fingerprint density at radius 3 is 2.57 bits per heavy atom. The van der Waals surface area contributed by atoms with E-state index in [-0.39, 0.29) is 17.6 Å². The molecule has 0 fully saturated rings. The van der Waals surface area contributed by atoms with Crippen LogP contribution in [0.2, 0.25) is 0 Å². The lowest BCUT2D eigenvalue weighted by Gasteiger charge is -2.04. The van der Waals surface area contributed by atoms with Crippen LogP contribution >= 0.6 is 23.1 Å². The topological polar surface area (TPSA) is 84.0 Å². The third kappa shape index (κ3) is 5.16. The normalized spacial score (nSPS) is 10.2.